The zero-order chi connectivity index (χ0) is 22.9. The summed E-state index contributed by atoms with van der Waals surface area (Å²) in [6, 6.07) is 7.21. The molecule has 7 nitrogen and oxygen atoms in total. The minimum atomic E-state index is -0.686. The molecule has 1 saturated heterocycles. The molecular formula is C24H30N4O3. The summed E-state index contributed by atoms with van der Waals surface area (Å²) >= 11 is 0. The normalized spacial score (nSPS) is 18.5. The number of benzene rings is 1. The number of aliphatic hydroxyl groups is 1. The molecule has 3 rings (SSSR count). The summed E-state index contributed by atoms with van der Waals surface area (Å²) < 4.78 is 0. The van der Waals surface area contributed by atoms with Crippen LogP contribution in [0.2, 0.25) is 0 Å². The van der Waals surface area contributed by atoms with Crippen LogP contribution in [0.25, 0.3) is 5.76 Å². The van der Waals surface area contributed by atoms with Crippen molar-refractivity contribution in [3.05, 3.63) is 64.2 Å². The minimum Gasteiger partial charge on any atom is -0.507 e. The third kappa shape index (κ3) is 4.51. The van der Waals surface area contributed by atoms with Gasteiger partial charge in [0.15, 0.2) is 0 Å². The first-order valence-electron chi connectivity index (χ1n) is 10.5. The van der Waals surface area contributed by atoms with Gasteiger partial charge in [-0.25, -0.2) is 9.97 Å². The van der Waals surface area contributed by atoms with Gasteiger partial charge >= 0.3 is 0 Å². The molecule has 31 heavy (non-hydrogen) atoms. The lowest BCUT2D eigenvalue weighted by Gasteiger charge is -2.27. The Morgan fingerprint density at radius 3 is 2.35 bits per heavy atom. The van der Waals surface area contributed by atoms with Gasteiger partial charge in [0.25, 0.3) is 11.7 Å². The van der Waals surface area contributed by atoms with Crippen LogP contribution in [0.5, 0.6) is 0 Å². The van der Waals surface area contributed by atoms with Crippen LogP contribution in [0.15, 0.2) is 36.0 Å². The summed E-state index contributed by atoms with van der Waals surface area (Å²) in [5.74, 6) is -0.592. The van der Waals surface area contributed by atoms with Crippen molar-refractivity contribution in [2.75, 3.05) is 27.2 Å². The molecule has 1 aliphatic rings. The molecule has 0 saturated carbocycles. The fraction of sp³-hybridized carbons (Fsp3) is 0.417. The van der Waals surface area contributed by atoms with Crippen LogP contribution in [0.4, 0.5) is 0 Å². The zero-order valence-corrected chi connectivity index (χ0v) is 19.0. The zero-order valence-electron chi connectivity index (χ0n) is 19.0. The number of Topliss-reactive ketones (excluding diaryl/α,β-unsaturated/α-hetero) is 1. The molecule has 1 aliphatic heterocycles. The molecule has 2 heterocycles. The van der Waals surface area contributed by atoms with Gasteiger partial charge in [-0.15, -0.1) is 0 Å². The van der Waals surface area contributed by atoms with Crippen molar-refractivity contribution >= 4 is 17.4 Å². The van der Waals surface area contributed by atoms with Crippen molar-refractivity contribution in [2.24, 2.45) is 0 Å². The van der Waals surface area contributed by atoms with Crippen molar-refractivity contribution in [3.8, 4) is 0 Å². The van der Waals surface area contributed by atoms with Crippen LogP contribution in [0, 0.1) is 13.8 Å². The molecule has 1 atom stereocenters. The van der Waals surface area contributed by atoms with Crippen molar-refractivity contribution in [2.45, 2.75) is 39.7 Å². The summed E-state index contributed by atoms with van der Waals surface area (Å²) in [6.45, 7) is 8.69. The molecule has 1 aromatic heterocycles. The highest BCUT2D eigenvalue weighted by atomic mass is 16.3. The van der Waals surface area contributed by atoms with Gasteiger partial charge in [0, 0.05) is 19.3 Å². The number of rotatable bonds is 6. The summed E-state index contributed by atoms with van der Waals surface area (Å²) in [6.07, 6.45) is 1.50. The third-order valence-electron chi connectivity index (χ3n) is 5.60. The number of aliphatic hydroxyl groups excluding tert-OH is 1. The number of amides is 1. The van der Waals surface area contributed by atoms with E-state index >= 15 is 0 Å². The molecule has 1 amide bonds. The minimum absolute atomic E-state index is 0.0802. The number of carbonyl (C=O) groups is 2. The SMILES string of the molecule is Cc1ncc(C(O)=C2C(=O)C(=O)N(CCN(C)C)C2c2ccc(C(C)C)cc2)c(C)n1. The maximum atomic E-state index is 13.0. The number of aromatic nitrogens is 2. The van der Waals surface area contributed by atoms with Crippen LogP contribution in [-0.4, -0.2) is 63.7 Å². The number of aryl methyl sites for hydroxylation is 2. The highest BCUT2D eigenvalue weighted by molar-refractivity contribution is 6.46. The maximum Gasteiger partial charge on any atom is 0.295 e. The number of carbonyl (C=O) groups excluding carboxylic acids is 2. The van der Waals surface area contributed by atoms with Gasteiger partial charge in [-0.05, 0) is 45.0 Å². The average Bonchev–Trinajstić information content (AvgIpc) is 2.96. The predicted molar refractivity (Wildman–Crippen MR) is 120 cm³/mol. The van der Waals surface area contributed by atoms with E-state index in [-0.39, 0.29) is 11.3 Å². The van der Waals surface area contributed by atoms with Gasteiger partial charge in [0.05, 0.1) is 22.9 Å². The number of likely N-dealkylation sites (N-methyl/N-ethyl adjacent to an activating group) is 1. The molecule has 1 fully saturated rings. The molecule has 7 heteroatoms. The molecule has 0 spiro atoms. The van der Waals surface area contributed by atoms with Gasteiger partial charge in [-0.2, -0.15) is 0 Å². The van der Waals surface area contributed by atoms with Gasteiger partial charge in [-0.1, -0.05) is 38.1 Å². The lowest BCUT2D eigenvalue weighted by molar-refractivity contribution is -0.140. The van der Waals surface area contributed by atoms with E-state index in [0.29, 0.717) is 36.1 Å². The number of hydrogen-bond acceptors (Lipinski definition) is 6. The Hall–Kier alpha value is -3.06. The van der Waals surface area contributed by atoms with Gasteiger partial charge in [-0.3, -0.25) is 9.59 Å². The van der Waals surface area contributed by atoms with E-state index in [1.807, 2.05) is 43.3 Å². The molecule has 1 aromatic carbocycles. The van der Waals surface area contributed by atoms with Crippen LogP contribution in [-0.2, 0) is 9.59 Å². The van der Waals surface area contributed by atoms with E-state index in [1.165, 1.54) is 6.20 Å². The Balaban J connectivity index is 2.16. The largest absolute Gasteiger partial charge is 0.507 e. The molecule has 164 valence electrons. The summed E-state index contributed by atoms with van der Waals surface area (Å²) in [5.41, 5.74) is 2.95. The number of likely N-dealkylation sites (tertiary alicyclic amines) is 1. The van der Waals surface area contributed by atoms with Crippen molar-refractivity contribution in [3.63, 3.8) is 0 Å². The van der Waals surface area contributed by atoms with Crippen LogP contribution >= 0.6 is 0 Å². The maximum absolute atomic E-state index is 13.0. The smallest absolute Gasteiger partial charge is 0.295 e. The fourth-order valence-electron chi connectivity index (χ4n) is 3.79. The molecule has 0 radical (unpaired) electrons. The van der Waals surface area contributed by atoms with E-state index in [0.717, 1.165) is 11.1 Å². The second-order valence-corrected chi connectivity index (χ2v) is 8.53. The first kappa shape index (κ1) is 22.6. The number of nitrogens with zero attached hydrogens (tertiary/aromatic N) is 4. The molecule has 1 N–H and O–H groups in total. The highest BCUT2D eigenvalue weighted by Gasteiger charge is 2.46. The first-order valence-corrected chi connectivity index (χ1v) is 10.5. The summed E-state index contributed by atoms with van der Waals surface area (Å²) in [5, 5.41) is 11.1. The van der Waals surface area contributed by atoms with E-state index in [1.54, 1.807) is 18.7 Å². The monoisotopic (exact) mass is 422 g/mol. The van der Waals surface area contributed by atoms with Crippen LogP contribution in [0.3, 0.4) is 0 Å². The first-order chi connectivity index (χ1) is 14.6. The quantitative estimate of drug-likeness (QED) is 0.437. The van der Waals surface area contributed by atoms with Crippen molar-refractivity contribution in [1.29, 1.82) is 0 Å². The molecule has 1 unspecified atom stereocenters. The van der Waals surface area contributed by atoms with Crippen LogP contribution < -0.4 is 0 Å². The molecule has 0 aliphatic carbocycles. The standard InChI is InChI=1S/C24H30N4O3/c1-14(2)17-7-9-18(10-8-17)21-20(22(29)19-13-25-16(4)26-15(19)3)23(30)24(31)28(21)12-11-27(5)6/h7-10,13-14,21,29H,11-12H2,1-6H3. The second kappa shape index (κ2) is 8.98. The van der Waals surface area contributed by atoms with Gasteiger partial charge in [0.2, 0.25) is 0 Å². The summed E-state index contributed by atoms with van der Waals surface area (Å²) in [4.78, 5) is 37.9. The Morgan fingerprint density at radius 2 is 1.81 bits per heavy atom. The Bertz CT molecular complexity index is 1030. The van der Waals surface area contributed by atoms with Gasteiger partial charge in [0.1, 0.15) is 11.6 Å². The Labute approximate surface area is 183 Å². The van der Waals surface area contributed by atoms with E-state index in [4.69, 9.17) is 0 Å². The van der Waals surface area contributed by atoms with E-state index in [9.17, 15) is 14.7 Å². The third-order valence-corrected chi connectivity index (χ3v) is 5.60. The molecule has 2 aromatic rings. The Kier molecular flexibility index (Phi) is 6.55. The van der Waals surface area contributed by atoms with Crippen molar-refractivity contribution < 1.29 is 14.7 Å². The Morgan fingerprint density at radius 1 is 1.16 bits per heavy atom. The lowest BCUT2D eigenvalue weighted by Crippen LogP contribution is -2.35. The fourth-order valence-corrected chi connectivity index (χ4v) is 3.79. The topological polar surface area (TPSA) is 86.6 Å². The number of ketones is 1. The highest BCUT2D eigenvalue weighted by Crippen LogP contribution is 2.39. The lowest BCUT2D eigenvalue weighted by atomic mass is 9.93. The summed E-state index contributed by atoms with van der Waals surface area (Å²) in [7, 11) is 3.83. The van der Waals surface area contributed by atoms with Crippen LogP contribution in [0.1, 0.15) is 54.0 Å². The molecule has 0 bridgehead atoms. The second-order valence-electron chi connectivity index (χ2n) is 8.53. The van der Waals surface area contributed by atoms with E-state index in [2.05, 4.69) is 23.8 Å². The van der Waals surface area contributed by atoms with Crippen molar-refractivity contribution in [1.82, 2.24) is 19.8 Å². The van der Waals surface area contributed by atoms with E-state index < -0.39 is 17.7 Å². The average molecular weight is 423 g/mol. The predicted octanol–water partition coefficient (Wildman–Crippen LogP) is 3.20. The molecular weight excluding hydrogens is 392 g/mol. The number of hydrogen-bond donors (Lipinski definition) is 1. The van der Waals surface area contributed by atoms with Gasteiger partial charge < -0.3 is 14.9 Å².